The average Bonchev–Trinajstić information content (AvgIpc) is 2.40. The summed E-state index contributed by atoms with van der Waals surface area (Å²) in [4.78, 5) is 13.6. The van der Waals surface area contributed by atoms with Gasteiger partial charge in [-0.1, -0.05) is 11.6 Å². The molecular weight excluding hydrogens is 262 g/mol. The summed E-state index contributed by atoms with van der Waals surface area (Å²) in [5.41, 5.74) is 1.20. The third-order valence-electron chi connectivity index (χ3n) is 2.87. The highest BCUT2D eigenvalue weighted by Gasteiger charge is 2.09. The predicted octanol–water partition coefficient (Wildman–Crippen LogP) is 2.88. The molecule has 0 aliphatic rings. The molecule has 0 spiro atoms. The lowest BCUT2D eigenvalue weighted by Crippen LogP contribution is -2.31. The van der Waals surface area contributed by atoms with Crippen molar-refractivity contribution in [1.82, 2.24) is 4.90 Å². The van der Waals surface area contributed by atoms with Gasteiger partial charge in [-0.15, -0.1) is 0 Å². The summed E-state index contributed by atoms with van der Waals surface area (Å²) in [5.74, 6) is 0.109. The number of halogens is 1. The van der Waals surface area contributed by atoms with Gasteiger partial charge in [0.15, 0.2) is 0 Å². The first kappa shape index (κ1) is 15.3. The second kappa shape index (κ2) is 7.65. The van der Waals surface area contributed by atoms with Crippen LogP contribution in [0.25, 0.3) is 0 Å². The van der Waals surface area contributed by atoms with Crippen molar-refractivity contribution in [3.05, 3.63) is 28.8 Å². The smallest absolute Gasteiger partial charge is 0.224 e. The number of nitriles is 1. The zero-order valence-electron chi connectivity index (χ0n) is 11.2. The maximum absolute atomic E-state index is 11.8. The number of carbonyl (C=O) groups excluding carboxylic acids is 1. The topological polar surface area (TPSA) is 56.1 Å². The van der Waals surface area contributed by atoms with Gasteiger partial charge < -0.3 is 10.2 Å². The minimum atomic E-state index is 0.109. The van der Waals surface area contributed by atoms with E-state index in [1.165, 1.54) is 0 Å². The fourth-order valence-electron chi connectivity index (χ4n) is 1.80. The van der Waals surface area contributed by atoms with E-state index >= 15 is 0 Å². The number of hydrogen-bond donors (Lipinski definition) is 1. The van der Waals surface area contributed by atoms with E-state index in [0.29, 0.717) is 29.2 Å². The lowest BCUT2D eigenvalue weighted by molar-refractivity contribution is -0.130. The molecule has 1 N–H and O–H groups in total. The molecule has 102 valence electrons. The lowest BCUT2D eigenvalue weighted by Gasteiger charge is -2.18. The van der Waals surface area contributed by atoms with Gasteiger partial charge >= 0.3 is 0 Å². The van der Waals surface area contributed by atoms with E-state index in [2.05, 4.69) is 11.4 Å². The molecule has 0 saturated carbocycles. The van der Waals surface area contributed by atoms with Crippen LogP contribution in [0.4, 0.5) is 5.69 Å². The van der Waals surface area contributed by atoms with Gasteiger partial charge in [0.05, 0.1) is 11.3 Å². The molecule has 4 nitrogen and oxygen atoms in total. The minimum absolute atomic E-state index is 0.109. The highest BCUT2D eigenvalue weighted by molar-refractivity contribution is 6.30. The molecule has 0 aliphatic heterocycles. The summed E-state index contributed by atoms with van der Waals surface area (Å²) < 4.78 is 0. The maximum atomic E-state index is 11.8. The first-order chi connectivity index (χ1) is 9.12. The zero-order valence-corrected chi connectivity index (χ0v) is 12.0. The van der Waals surface area contributed by atoms with Crippen LogP contribution >= 0.6 is 11.6 Å². The molecule has 0 aliphatic carbocycles. The molecule has 1 aromatic carbocycles. The molecule has 0 aromatic heterocycles. The molecule has 0 atom stereocenters. The average molecular weight is 280 g/mol. The van der Waals surface area contributed by atoms with Gasteiger partial charge in [-0.2, -0.15) is 5.26 Å². The molecule has 0 radical (unpaired) electrons. The Labute approximate surface area is 119 Å². The fraction of sp³-hybridized carbons (Fsp3) is 0.429. The van der Waals surface area contributed by atoms with Crippen molar-refractivity contribution in [2.45, 2.75) is 20.3 Å². The Morgan fingerprint density at radius 3 is 2.68 bits per heavy atom. The predicted molar refractivity (Wildman–Crippen MR) is 77.2 cm³/mol. The molecule has 0 bridgehead atoms. The summed E-state index contributed by atoms with van der Waals surface area (Å²) in [5, 5.41) is 12.6. The number of amides is 1. The third-order valence-corrected chi connectivity index (χ3v) is 3.11. The number of anilines is 1. The zero-order chi connectivity index (χ0) is 14.3. The first-order valence-electron chi connectivity index (χ1n) is 6.33. The summed E-state index contributed by atoms with van der Waals surface area (Å²) in [6.07, 6.45) is 0.402. The highest BCUT2D eigenvalue weighted by Crippen LogP contribution is 2.20. The van der Waals surface area contributed by atoms with Gasteiger partial charge in [-0.3, -0.25) is 4.79 Å². The van der Waals surface area contributed by atoms with E-state index in [0.717, 1.165) is 13.1 Å². The van der Waals surface area contributed by atoms with Gasteiger partial charge in [-0.05, 0) is 32.0 Å². The Morgan fingerprint density at radius 2 is 2.11 bits per heavy atom. The summed E-state index contributed by atoms with van der Waals surface area (Å²) >= 11 is 5.89. The molecule has 19 heavy (non-hydrogen) atoms. The van der Waals surface area contributed by atoms with E-state index in [4.69, 9.17) is 16.9 Å². The maximum Gasteiger partial charge on any atom is 0.224 e. The SMILES string of the molecule is CCN(CC)C(=O)CCNc1cc(Cl)ccc1C#N. The standard InChI is InChI=1S/C14H18ClN3O/c1-3-18(4-2)14(19)7-8-17-13-9-12(15)6-5-11(13)10-16/h5-6,9,17H,3-4,7-8H2,1-2H3. The van der Waals surface area contributed by atoms with Crippen LogP contribution in [0, 0.1) is 11.3 Å². The Hall–Kier alpha value is -1.73. The number of nitrogens with zero attached hydrogens (tertiary/aromatic N) is 2. The largest absolute Gasteiger partial charge is 0.383 e. The first-order valence-corrected chi connectivity index (χ1v) is 6.71. The summed E-state index contributed by atoms with van der Waals surface area (Å²) in [7, 11) is 0. The molecule has 5 heteroatoms. The van der Waals surface area contributed by atoms with Gasteiger partial charge in [0.1, 0.15) is 6.07 Å². The Morgan fingerprint density at radius 1 is 1.42 bits per heavy atom. The van der Waals surface area contributed by atoms with Crippen molar-refractivity contribution in [3.63, 3.8) is 0 Å². The summed E-state index contributed by atoms with van der Waals surface area (Å²) in [6.45, 7) is 5.84. The number of hydrogen-bond acceptors (Lipinski definition) is 3. The second-order valence-electron chi connectivity index (χ2n) is 4.04. The van der Waals surface area contributed by atoms with Crippen molar-refractivity contribution in [1.29, 1.82) is 5.26 Å². The number of rotatable bonds is 6. The van der Waals surface area contributed by atoms with Crippen LogP contribution in [-0.4, -0.2) is 30.4 Å². The molecule has 0 unspecified atom stereocenters. The number of nitrogens with one attached hydrogen (secondary N) is 1. The van der Waals surface area contributed by atoms with Crippen LogP contribution in [0.5, 0.6) is 0 Å². The molecule has 0 heterocycles. The monoisotopic (exact) mass is 279 g/mol. The van der Waals surface area contributed by atoms with Crippen LogP contribution in [-0.2, 0) is 4.79 Å². The van der Waals surface area contributed by atoms with E-state index in [9.17, 15) is 4.79 Å². The molecule has 1 aromatic rings. The van der Waals surface area contributed by atoms with Crippen molar-refractivity contribution < 1.29 is 4.79 Å². The second-order valence-corrected chi connectivity index (χ2v) is 4.48. The molecule has 0 fully saturated rings. The Balaban J connectivity index is 2.56. The van der Waals surface area contributed by atoms with Crippen molar-refractivity contribution >= 4 is 23.2 Å². The van der Waals surface area contributed by atoms with Gasteiger partial charge in [0.25, 0.3) is 0 Å². The molecule has 1 rings (SSSR count). The molecular formula is C14H18ClN3O. The van der Waals surface area contributed by atoms with Crippen LogP contribution in [0.2, 0.25) is 5.02 Å². The molecule has 0 saturated heterocycles. The fourth-order valence-corrected chi connectivity index (χ4v) is 1.97. The minimum Gasteiger partial charge on any atom is -0.383 e. The van der Waals surface area contributed by atoms with E-state index in [1.54, 1.807) is 23.1 Å². The van der Waals surface area contributed by atoms with E-state index in [1.807, 2.05) is 13.8 Å². The van der Waals surface area contributed by atoms with E-state index < -0.39 is 0 Å². The summed E-state index contributed by atoms with van der Waals surface area (Å²) in [6, 6.07) is 7.12. The van der Waals surface area contributed by atoms with Gasteiger partial charge in [-0.25, -0.2) is 0 Å². The number of benzene rings is 1. The third kappa shape index (κ3) is 4.46. The normalized spacial score (nSPS) is 9.79. The van der Waals surface area contributed by atoms with Crippen molar-refractivity contribution in [3.8, 4) is 6.07 Å². The van der Waals surface area contributed by atoms with Crippen LogP contribution < -0.4 is 5.32 Å². The quantitative estimate of drug-likeness (QED) is 0.871. The van der Waals surface area contributed by atoms with Gasteiger partial charge in [0, 0.05) is 31.1 Å². The Kier molecular flexibility index (Phi) is 6.17. The lowest BCUT2D eigenvalue weighted by atomic mass is 10.2. The van der Waals surface area contributed by atoms with E-state index in [-0.39, 0.29) is 5.91 Å². The highest BCUT2D eigenvalue weighted by atomic mass is 35.5. The van der Waals surface area contributed by atoms with Crippen molar-refractivity contribution in [2.24, 2.45) is 0 Å². The van der Waals surface area contributed by atoms with Crippen LogP contribution in [0.15, 0.2) is 18.2 Å². The van der Waals surface area contributed by atoms with Crippen LogP contribution in [0.1, 0.15) is 25.8 Å². The van der Waals surface area contributed by atoms with Gasteiger partial charge in [0.2, 0.25) is 5.91 Å². The molecule has 1 amide bonds. The number of carbonyl (C=O) groups is 1. The Bertz CT molecular complexity index is 478. The van der Waals surface area contributed by atoms with Crippen LogP contribution in [0.3, 0.4) is 0 Å². The van der Waals surface area contributed by atoms with Crippen molar-refractivity contribution in [2.75, 3.05) is 25.0 Å².